The van der Waals surface area contributed by atoms with Crippen LogP contribution in [0.3, 0.4) is 0 Å². The first kappa shape index (κ1) is 17.5. The number of furan rings is 1. The molecule has 2 heterocycles. The Kier molecular flexibility index (Phi) is 5.46. The van der Waals surface area contributed by atoms with Crippen molar-refractivity contribution < 1.29 is 13.9 Å². The zero-order valence-corrected chi connectivity index (χ0v) is 14.7. The van der Waals surface area contributed by atoms with E-state index in [4.69, 9.17) is 9.15 Å². The topological polar surface area (TPSA) is 88.1 Å². The molecule has 2 aromatic heterocycles. The third-order valence-electron chi connectivity index (χ3n) is 3.45. The van der Waals surface area contributed by atoms with Gasteiger partial charge in [0.1, 0.15) is 35.5 Å². The van der Waals surface area contributed by atoms with E-state index in [0.29, 0.717) is 16.7 Å². The zero-order chi connectivity index (χ0) is 18.4. The summed E-state index contributed by atoms with van der Waals surface area (Å²) < 4.78 is 11.3. The first-order chi connectivity index (χ1) is 12.7. The number of hydrogen-bond acceptors (Lipinski definition) is 6. The average Bonchev–Trinajstić information content (AvgIpc) is 3.30. The number of para-hydroxylation sites is 1. The maximum atomic E-state index is 12.1. The van der Waals surface area contributed by atoms with Crippen molar-refractivity contribution in [2.45, 2.75) is 13.5 Å². The first-order valence-electron chi connectivity index (χ1n) is 7.75. The monoisotopic (exact) mass is 365 g/mol. The Morgan fingerprint density at radius 1 is 1.38 bits per heavy atom. The summed E-state index contributed by atoms with van der Waals surface area (Å²) >= 11 is 1.28. The Bertz CT molecular complexity index is 968. The van der Waals surface area contributed by atoms with Gasteiger partial charge in [-0.3, -0.25) is 10.1 Å². The number of aromatic nitrogens is 1. The predicted octanol–water partition coefficient (Wildman–Crippen LogP) is 4.17. The van der Waals surface area contributed by atoms with Gasteiger partial charge in [-0.15, -0.1) is 11.3 Å². The van der Waals surface area contributed by atoms with Crippen LogP contribution in [0.4, 0.5) is 5.13 Å². The maximum absolute atomic E-state index is 12.1. The third kappa shape index (κ3) is 4.37. The lowest BCUT2D eigenvalue weighted by Gasteiger charge is -2.06. The van der Waals surface area contributed by atoms with Gasteiger partial charge in [0.25, 0.3) is 5.91 Å². The summed E-state index contributed by atoms with van der Waals surface area (Å²) in [5.74, 6) is 1.24. The smallest absolute Gasteiger partial charge is 0.268 e. The fourth-order valence-corrected chi connectivity index (χ4v) is 2.68. The van der Waals surface area contributed by atoms with Gasteiger partial charge in [0.2, 0.25) is 0 Å². The lowest BCUT2D eigenvalue weighted by molar-refractivity contribution is -0.112. The second kappa shape index (κ2) is 8.14. The normalized spacial score (nSPS) is 11.0. The number of hydrogen-bond donors (Lipinski definition) is 1. The minimum absolute atomic E-state index is 0.0686. The van der Waals surface area contributed by atoms with Gasteiger partial charge in [0, 0.05) is 17.7 Å². The fourth-order valence-electron chi connectivity index (χ4n) is 2.16. The first-order valence-corrected chi connectivity index (χ1v) is 8.63. The minimum Gasteiger partial charge on any atom is -0.485 e. The lowest BCUT2D eigenvalue weighted by atomic mass is 10.2. The molecule has 7 heteroatoms. The fraction of sp³-hybridized carbons (Fsp3) is 0.105. The van der Waals surface area contributed by atoms with E-state index in [1.54, 1.807) is 23.7 Å². The average molecular weight is 365 g/mol. The van der Waals surface area contributed by atoms with Crippen molar-refractivity contribution in [3.05, 3.63) is 70.6 Å². The molecule has 6 nitrogen and oxygen atoms in total. The molecule has 0 unspecified atom stereocenters. The molecule has 26 heavy (non-hydrogen) atoms. The number of amides is 1. The summed E-state index contributed by atoms with van der Waals surface area (Å²) in [6, 6.07) is 13.0. The predicted molar refractivity (Wildman–Crippen MR) is 98.6 cm³/mol. The number of thiazole rings is 1. The number of nitrogens with zero attached hydrogens (tertiary/aromatic N) is 2. The molecule has 1 amide bonds. The standard InChI is InChI=1S/C19H15N3O3S/c1-13-4-2-3-5-17(13)24-12-16-7-6-15(25-16)10-14(11-20)18(23)22-19-21-8-9-26-19/h2-10H,12H2,1H3,(H,21,22,23). The molecule has 0 saturated heterocycles. The van der Waals surface area contributed by atoms with Crippen molar-refractivity contribution in [3.63, 3.8) is 0 Å². The molecule has 1 N–H and O–H groups in total. The highest BCUT2D eigenvalue weighted by atomic mass is 32.1. The number of nitrogens with one attached hydrogen (secondary N) is 1. The van der Waals surface area contributed by atoms with Crippen LogP contribution in [0.2, 0.25) is 0 Å². The number of nitriles is 1. The van der Waals surface area contributed by atoms with E-state index in [-0.39, 0.29) is 12.2 Å². The Balaban J connectivity index is 1.66. The van der Waals surface area contributed by atoms with Crippen LogP contribution in [0.5, 0.6) is 5.75 Å². The summed E-state index contributed by atoms with van der Waals surface area (Å²) in [4.78, 5) is 16.1. The second-order valence-corrected chi connectivity index (χ2v) is 6.21. The van der Waals surface area contributed by atoms with Crippen LogP contribution in [-0.4, -0.2) is 10.9 Å². The molecule has 3 aromatic rings. The van der Waals surface area contributed by atoms with Crippen molar-refractivity contribution in [3.8, 4) is 11.8 Å². The number of anilines is 1. The van der Waals surface area contributed by atoms with Crippen LogP contribution < -0.4 is 10.1 Å². The van der Waals surface area contributed by atoms with E-state index in [1.807, 2.05) is 37.3 Å². The third-order valence-corrected chi connectivity index (χ3v) is 4.14. The van der Waals surface area contributed by atoms with Crippen molar-refractivity contribution in [1.29, 1.82) is 5.26 Å². The minimum atomic E-state index is -0.531. The summed E-state index contributed by atoms with van der Waals surface area (Å²) in [6.07, 6.45) is 2.96. The molecular formula is C19H15N3O3S. The van der Waals surface area contributed by atoms with E-state index in [9.17, 15) is 10.1 Å². The molecule has 0 fully saturated rings. The number of rotatable bonds is 6. The van der Waals surface area contributed by atoms with E-state index in [0.717, 1.165) is 11.3 Å². The highest BCUT2D eigenvalue weighted by Crippen LogP contribution is 2.20. The van der Waals surface area contributed by atoms with E-state index in [2.05, 4.69) is 10.3 Å². The van der Waals surface area contributed by atoms with Crippen LogP contribution in [0.15, 0.2) is 58.0 Å². The van der Waals surface area contributed by atoms with Gasteiger partial charge in [-0.05, 0) is 30.7 Å². The molecule has 130 valence electrons. The summed E-state index contributed by atoms with van der Waals surface area (Å²) in [5, 5.41) is 13.9. The number of benzene rings is 1. The highest BCUT2D eigenvalue weighted by Gasteiger charge is 2.12. The van der Waals surface area contributed by atoms with Crippen molar-refractivity contribution in [2.75, 3.05) is 5.32 Å². The summed E-state index contributed by atoms with van der Waals surface area (Å²) in [7, 11) is 0. The number of carbonyl (C=O) groups excluding carboxylic acids is 1. The van der Waals surface area contributed by atoms with Gasteiger partial charge in [0.05, 0.1) is 0 Å². The molecule has 0 aliphatic heterocycles. The Morgan fingerprint density at radius 3 is 2.96 bits per heavy atom. The van der Waals surface area contributed by atoms with Crippen LogP contribution in [0, 0.1) is 18.3 Å². The molecule has 1 aromatic carbocycles. The molecule has 0 bridgehead atoms. The Labute approximate surface area is 154 Å². The second-order valence-electron chi connectivity index (χ2n) is 5.32. The molecule has 3 rings (SSSR count). The van der Waals surface area contributed by atoms with Crippen LogP contribution in [0.1, 0.15) is 17.1 Å². The Morgan fingerprint density at radius 2 is 2.23 bits per heavy atom. The number of carbonyl (C=O) groups is 1. The summed E-state index contributed by atoms with van der Waals surface area (Å²) in [5.41, 5.74) is 0.964. The van der Waals surface area contributed by atoms with E-state index in [1.165, 1.54) is 17.4 Å². The molecule has 0 spiro atoms. The van der Waals surface area contributed by atoms with Crippen LogP contribution in [-0.2, 0) is 11.4 Å². The van der Waals surface area contributed by atoms with E-state index >= 15 is 0 Å². The van der Waals surface area contributed by atoms with Gasteiger partial charge in [0.15, 0.2) is 5.13 Å². The summed E-state index contributed by atoms with van der Waals surface area (Å²) in [6.45, 7) is 2.22. The molecule has 0 atom stereocenters. The van der Waals surface area contributed by atoms with Gasteiger partial charge < -0.3 is 9.15 Å². The van der Waals surface area contributed by atoms with Gasteiger partial charge >= 0.3 is 0 Å². The van der Waals surface area contributed by atoms with Crippen molar-refractivity contribution >= 4 is 28.5 Å². The van der Waals surface area contributed by atoms with Gasteiger partial charge in [-0.25, -0.2) is 4.98 Å². The zero-order valence-electron chi connectivity index (χ0n) is 13.9. The highest BCUT2D eigenvalue weighted by molar-refractivity contribution is 7.13. The van der Waals surface area contributed by atoms with Gasteiger partial charge in [-0.2, -0.15) is 5.26 Å². The lowest BCUT2D eigenvalue weighted by Crippen LogP contribution is -2.13. The van der Waals surface area contributed by atoms with Crippen LogP contribution in [0.25, 0.3) is 6.08 Å². The molecule has 0 aliphatic rings. The van der Waals surface area contributed by atoms with E-state index < -0.39 is 5.91 Å². The number of ether oxygens (including phenoxy) is 1. The molecule has 0 radical (unpaired) electrons. The van der Waals surface area contributed by atoms with Gasteiger partial charge in [-0.1, -0.05) is 18.2 Å². The molecule has 0 saturated carbocycles. The van der Waals surface area contributed by atoms with Crippen molar-refractivity contribution in [1.82, 2.24) is 4.98 Å². The molecular weight excluding hydrogens is 350 g/mol. The largest absolute Gasteiger partial charge is 0.485 e. The quantitative estimate of drug-likeness (QED) is 0.523. The maximum Gasteiger partial charge on any atom is 0.268 e. The molecule has 0 aliphatic carbocycles. The van der Waals surface area contributed by atoms with Crippen LogP contribution >= 0.6 is 11.3 Å². The SMILES string of the molecule is Cc1ccccc1OCc1ccc(C=C(C#N)C(=O)Nc2nccs2)o1. The van der Waals surface area contributed by atoms with Crippen molar-refractivity contribution in [2.24, 2.45) is 0 Å². The number of aryl methyl sites for hydroxylation is 1. The Hall–Kier alpha value is -3.37.